The van der Waals surface area contributed by atoms with Gasteiger partial charge in [0.25, 0.3) is 0 Å². The van der Waals surface area contributed by atoms with Crippen LogP contribution in [0.15, 0.2) is 42.7 Å². The quantitative estimate of drug-likeness (QED) is 0.354. The minimum absolute atomic E-state index is 0.0121. The summed E-state index contributed by atoms with van der Waals surface area (Å²) in [5.74, 6) is 0.541. The predicted molar refractivity (Wildman–Crippen MR) is 131 cm³/mol. The molecule has 0 N–H and O–H groups in total. The van der Waals surface area contributed by atoms with Gasteiger partial charge in [-0.25, -0.2) is 4.79 Å². The van der Waals surface area contributed by atoms with Crippen LogP contribution < -0.4 is 28.4 Å². The summed E-state index contributed by atoms with van der Waals surface area (Å²) in [5.41, 5.74) is 2.65. The molecule has 1 saturated heterocycles. The fourth-order valence-corrected chi connectivity index (χ4v) is 5.60. The van der Waals surface area contributed by atoms with Crippen molar-refractivity contribution in [3.63, 3.8) is 0 Å². The molecule has 3 atom stereocenters. The third kappa shape index (κ3) is 3.75. The van der Waals surface area contributed by atoms with Crippen molar-refractivity contribution in [2.45, 2.75) is 12.3 Å². The zero-order chi connectivity index (χ0) is 26.4. The number of rotatable bonds is 6. The van der Waals surface area contributed by atoms with Crippen LogP contribution >= 0.6 is 0 Å². The first-order valence-electron chi connectivity index (χ1n) is 12.1. The normalized spacial score (nSPS) is 20.7. The molecule has 0 amide bonds. The number of benzene rings is 2. The van der Waals surface area contributed by atoms with Gasteiger partial charge in [-0.3, -0.25) is 9.78 Å². The molecule has 3 aliphatic rings. The average molecular weight is 520 g/mol. The zero-order valence-corrected chi connectivity index (χ0v) is 21.0. The highest BCUT2D eigenvalue weighted by molar-refractivity contribution is 5.92. The first kappa shape index (κ1) is 23.9. The molecule has 10 nitrogen and oxygen atoms in total. The Morgan fingerprint density at radius 2 is 1.68 bits per heavy atom. The SMILES string of the molecule is COc1cc(C2c3cc4c(c(OC(=O)c5ccncc5)c3CC3COC(=O)C32)OCO4)cc(OC)c1OC. The lowest BCUT2D eigenvalue weighted by Gasteiger charge is -2.34. The van der Waals surface area contributed by atoms with Gasteiger partial charge in [-0.1, -0.05) is 0 Å². The largest absolute Gasteiger partial charge is 0.493 e. The van der Waals surface area contributed by atoms with Gasteiger partial charge in [0.2, 0.25) is 18.3 Å². The summed E-state index contributed by atoms with van der Waals surface area (Å²) in [6.07, 6.45) is 3.50. The lowest BCUT2D eigenvalue weighted by Crippen LogP contribution is -2.32. The van der Waals surface area contributed by atoms with E-state index in [9.17, 15) is 9.59 Å². The van der Waals surface area contributed by atoms with Gasteiger partial charge >= 0.3 is 11.9 Å². The molecule has 1 aromatic heterocycles. The van der Waals surface area contributed by atoms with Gasteiger partial charge in [0.1, 0.15) is 0 Å². The first-order chi connectivity index (χ1) is 18.5. The van der Waals surface area contributed by atoms with Gasteiger partial charge in [-0.2, -0.15) is 0 Å². The third-order valence-electron chi connectivity index (χ3n) is 7.29. The Balaban J connectivity index is 1.54. The fourth-order valence-electron chi connectivity index (χ4n) is 5.60. The van der Waals surface area contributed by atoms with E-state index in [1.165, 1.54) is 33.7 Å². The molecule has 196 valence electrons. The number of esters is 2. The van der Waals surface area contributed by atoms with E-state index in [1.54, 1.807) is 12.1 Å². The number of fused-ring (bicyclic) bond motifs is 3. The van der Waals surface area contributed by atoms with Crippen molar-refractivity contribution < 1.29 is 42.7 Å². The summed E-state index contributed by atoms with van der Waals surface area (Å²) >= 11 is 0. The van der Waals surface area contributed by atoms with Crippen molar-refractivity contribution in [1.82, 2.24) is 4.98 Å². The molecule has 2 aliphatic heterocycles. The van der Waals surface area contributed by atoms with Gasteiger partial charge < -0.3 is 33.2 Å². The molecule has 1 fully saturated rings. The Labute approximate surface area is 218 Å². The van der Waals surface area contributed by atoms with E-state index >= 15 is 0 Å². The van der Waals surface area contributed by atoms with Gasteiger partial charge in [0, 0.05) is 29.8 Å². The highest BCUT2D eigenvalue weighted by Gasteiger charge is 2.49. The summed E-state index contributed by atoms with van der Waals surface area (Å²) in [6.45, 7) is 0.248. The monoisotopic (exact) mass is 519 g/mol. The minimum atomic E-state index is -0.552. The summed E-state index contributed by atoms with van der Waals surface area (Å²) in [4.78, 5) is 30.1. The third-order valence-corrected chi connectivity index (χ3v) is 7.29. The van der Waals surface area contributed by atoms with Crippen LogP contribution in [0.4, 0.5) is 0 Å². The van der Waals surface area contributed by atoms with E-state index in [-0.39, 0.29) is 31.0 Å². The van der Waals surface area contributed by atoms with E-state index in [4.69, 9.17) is 33.2 Å². The Morgan fingerprint density at radius 1 is 0.947 bits per heavy atom. The molecule has 0 bridgehead atoms. The number of ether oxygens (including phenoxy) is 7. The van der Waals surface area contributed by atoms with E-state index in [0.29, 0.717) is 40.7 Å². The standard InChI is InChI=1S/C28H25NO9/c1-32-19-9-15(10-20(33-2)25(19)34-3)22-17-11-21-26(37-13-36-21)24(38-27(30)14-4-6-29-7-5-14)18(17)8-16-12-35-28(31)23(16)22/h4-7,9-11,16,22-23H,8,12-13H2,1-3H3. The van der Waals surface area contributed by atoms with Crippen molar-refractivity contribution in [1.29, 1.82) is 0 Å². The smallest absolute Gasteiger partial charge is 0.343 e. The number of hydrogen-bond donors (Lipinski definition) is 0. The van der Waals surface area contributed by atoms with Crippen molar-refractivity contribution in [2.75, 3.05) is 34.7 Å². The zero-order valence-electron chi connectivity index (χ0n) is 21.0. The van der Waals surface area contributed by atoms with Crippen molar-refractivity contribution in [3.8, 4) is 34.5 Å². The number of nitrogens with zero attached hydrogens (tertiary/aromatic N) is 1. The van der Waals surface area contributed by atoms with Crippen LogP contribution in [0.5, 0.6) is 34.5 Å². The molecule has 3 aromatic rings. The molecule has 2 aromatic carbocycles. The minimum Gasteiger partial charge on any atom is -0.493 e. The summed E-state index contributed by atoms with van der Waals surface area (Å²) in [5, 5.41) is 0. The van der Waals surface area contributed by atoms with Gasteiger partial charge in [0.15, 0.2) is 23.0 Å². The molecule has 0 spiro atoms. The molecule has 1 aliphatic carbocycles. The Bertz CT molecular complexity index is 1400. The van der Waals surface area contributed by atoms with Crippen LogP contribution in [-0.4, -0.2) is 51.7 Å². The van der Waals surface area contributed by atoms with Gasteiger partial charge in [-0.15, -0.1) is 0 Å². The molecule has 0 radical (unpaired) electrons. The number of carbonyl (C=O) groups excluding carboxylic acids is 2. The van der Waals surface area contributed by atoms with Crippen LogP contribution in [-0.2, 0) is 16.0 Å². The topological polar surface area (TPSA) is 112 Å². The molecule has 10 heteroatoms. The van der Waals surface area contributed by atoms with Crippen molar-refractivity contribution >= 4 is 11.9 Å². The lowest BCUT2D eigenvalue weighted by molar-refractivity contribution is -0.141. The Morgan fingerprint density at radius 3 is 2.37 bits per heavy atom. The number of carbonyl (C=O) groups is 2. The van der Waals surface area contributed by atoms with E-state index in [0.717, 1.165) is 16.7 Å². The molecule has 0 saturated carbocycles. The maximum absolute atomic E-state index is 13.1. The maximum atomic E-state index is 13.1. The molecule has 38 heavy (non-hydrogen) atoms. The van der Waals surface area contributed by atoms with Crippen LogP contribution in [0, 0.1) is 11.8 Å². The van der Waals surface area contributed by atoms with E-state index in [2.05, 4.69) is 4.98 Å². The lowest BCUT2D eigenvalue weighted by atomic mass is 9.67. The highest BCUT2D eigenvalue weighted by atomic mass is 16.7. The fraction of sp³-hybridized carbons (Fsp3) is 0.321. The van der Waals surface area contributed by atoms with Crippen LogP contribution in [0.2, 0.25) is 0 Å². The second-order valence-corrected chi connectivity index (χ2v) is 9.19. The van der Waals surface area contributed by atoms with Crippen LogP contribution in [0.3, 0.4) is 0 Å². The summed E-state index contributed by atoms with van der Waals surface area (Å²) < 4.78 is 39.7. The summed E-state index contributed by atoms with van der Waals surface area (Å²) in [6, 6.07) is 8.67. The second-order valence-electron chi connectivity index (χ2n) is 9.19. The number of aromatic nitrogens is 1. The molecular weight excluding hydrogens is 494 g/mol. The van der Waals surface area contributed by atoms with Gasteiger partial charge in [-0.05, 0) is 47.9 Å². The first-order valence-corrected chi connectivity index (χ1v) is 12.1. The number of hydrogen-bond acceptors (Lipinski definition) is 10. The van der Waals surface area contributed by atoms with Gasteiger partial charge in [0.05, 0.1) is 39.4 Å². The summed E-state index contributed by atoms with van der Waals surface area (Å²) in [7, 11) is 4.61. The molecular formula is C28H25NO9. The van der Waals surface area contributed by atoms with Crippen LogP contribution in [0.25, 0.3) is 0 Å². The average Bonchev–Trinajstić information content (AvgIpc) is 3.58. The van der Waals surface area contributed by atoms with Crippen molar-refractivity contribution in [3.05, 3.63) is 65.0 Å². The second kappa shape index (κ2) is 9.44. The van der Waals surface area contributed by atoms with Crippen LogP contribution in [0.1, 0.15) is 33.0 Å². The van der Waals surface area contributed by atoms with E-state index in [1.807, 2.05) is 18.2 Å². The number of cyclic esters (lactones) is 1. The Kier molecular flexibility index (Phi) is 5.94. The number of methoxy groups -OCH3 is 3. The van der Waals surface area contributed by atoms with Crippen molar-refractivity contribution in [2.24, 2.45) is 11.8 Å². The predicted octanol–water partition coefficient (Wildman–Crippen LogP) is 3.53. The molecule has 3 unspecified atom stereocenters. The molecule has 3 heterocycles. The molecule has 6 rings (SSSR count). The highest BCUT2D eigenvalue weighted by Crippen LogP contribution is 2.56. The van der Waals surface area contributed by atoms with E-state index < -0.39 is 17.8 Å². The maximum Gasteiger partial charge on any atom is 0.343 e. The Hall–Kier alpha value is -4.47. The number of pyridine rings is 1.